The van der Waals surface area contributed by atoms with E-state index in [4.69, 9.17) is 18.9 Å². The van der Waals surface area contributed by atoms with Gasteiger partial charge in [0.25, 0.3) is 0 Å². The molecule has 0 aromatic rings. The van der Waals surface area contributed by atoms with Gasteiger partial charge in [-0.3, -0.25) is 0 Å². The lowest BCUT2D eigenvalue weighted by Gasteiger charge is -2.64. The van der Waals surface area contributed by atoms with Crippen LogP contribution in [0.4, 0.5) is 0 Å². The number of aliphatic hydroxyl groups excluding tert-OH is 1. The Kier molecular flexibility index (Phi) is 8.96. The van der Waals surface area contributed by atoms with Crippen molar-refractivity contribution in [3.05, 3.63) is 48.2 Å². The van der Waals surface area contributed by atoms with E-state index in [0.717, 1.165) is 32.4 Å². The van der Waals surface area contributed by atoms with Crippen molar-refractivity contribution in [3.63, 3.8) is 0 Å². The molecule has 51 heavy (non-hydrogen) atoms. The second-order valence-electron chi connectivity index (χ2n) is 19.7. The molecule has 0 bridgehead atoms. The number of nitrogens with zero attached hydrogens (tertiary/aromatic N) is 1. The highest BCUT2D eigenvalue weighted by Crippen LogP contribution is 2.89. The molecule has 7 nitrogen and oxygen atoms in total. The van der Waals surface area contributed by atoms with E-state index in [1.54, 1.807) is 0 Å². The van der Waals surface area contributed by atoms with Gasteiger partial charge in [-0.15, -0.1) is 0 Å². The maximum atomic E-state index is 12.7. The third-order valence-electron chi connectivity index (χ3n) is 16.8. The predicted octanol–water partition coefficient (Wildman–Crippen LogP) is 7.59. The molecule has 2 heterocycles. The van der Waals surface area contributed by atoms with E-state index in [0.29, 0.717) is 47.7 Å². The van der Waals surface area contributed by atoms with Crippen LogP contribution in [0.15, 0.2) is 48.2 Å². The van der Waals surface area contributed by atoms with Crippen LogP contribution in [0.3, 0.4) is 0 Å². The van der Waals surface area contributed by atoms with E-state index < -0.39 is 17.8 Å². The van der Waals surface area contributed by atoms with Gasteiger partial charge in [-0.2, -0.15) is 0 Å². The molecule has 7 fully saturated rings. The number of hydrogen-bond acceptors (Lipinski definition) is 7. The summed E-state index contributed by atoms with van der Waals surface area (Å²) in [5.41, 5.74) is 0.665. The first-order valence-electron chi connectivity index (χ1n) is 20.6. The highest BCUT2D eigenvalue weighted by Gasteiger charge is 2.84. The summed E-state index contributed by atoms with van der Waals surface area (Å²) in [5.74, 6) is 1.79. The van der Waals surface area contributed by atoms with Crippen LogP contribution in [0.2, 0.25) is 0 Å². The van der Waals surface area contributed by atoms with Gasteiger partial charge in [-0.1, -0.05) is 65.0 Å². The first-order valence-corrected chi connectivity index (χ1v) is 20.6. The average molecular weight is 706 g/mol. The second kappa shape index (κ2) is 12.5. The second-order valence-corrected chi connectivity index (χ2v) is 19.7. The Morgan fingerprint density at radius 2 is 1.71 bits per heavy atom. The molecular weight excluding hydrogens is 638 g/mol. The van der Waals surface area contributed by atoms with Crippen LogP contribution in [0.25, 0.3) is 0 Å². The number of rotatable bonds is 7. The molecule has 0 aromatic carbocycles. The quantitative estimate of drug-likeness (QED) is 0.283. The van der Waals surface area contributed by atoms with Crippen molar-refractivity contribution in [2.24, 2.45) is 50.7 Å². The average Bonchev–Trinajstić information content (AvgIpc) is 3.69. The van der Waals surface area contributed by atoms with Crippen LogP contribution in [0.5, 0.6) is 0 Å². The lowest BCUT2D eigenvalue weighted by Crippen LogP contribution is -2.60. The topological polar surface area (TPSA) is 80.6 Å². The highest BCUT2D eigenvalue weighted by molar-refractivity contribution is 5.33. The molecule has 7 heteroatoms. The normalized spacial score (nSPS) is 49.0. The summed E-state index contributed by atoms with van der Waals surface area (Å²) in [7, 11) is 0. The Labute approximate surface area is 307 Å². The number of hydrogen-bond donors (Lipinski definition) is 2. The summed E-state index contributed by atoms with van der Waals surface area (Å²) < 4.78 is 26.4. The number of aliphatic hydroxyl groups is 2. The standard InChI is InChI=1S/C44H67NO6/c1-9-48-38(40(5,6)47)30-25-28(2)35-36(50-30)37(46)42(8)32-18-17-31-39(3,4)33(19-20-43(31)27-44(32,43)22-21-41(35,42)7)51-34-26-45(23-24-49-34)29-15-13-11-10-12-14-16-29/h10-16,28,30-38,46-47H,9,17-27H2,1-8H3. The smallest absolute Gasteiger partial charge is 0.175 e. The minimum absolute atomic E-state index is 0.0110. The molecule has 2 spiro atoms. The maximum Gasteiger partial charge on any atom is 0.175 e. The van der Waals surface area contributed by atoms with Crippen molar-refractivity contribution < 1.29 is 29.2 Å². The number of fused-ring (bicyclic) bond motifs is 4. The van der Waals surface area contributed by atoms with Crippen molar-refractivity contribution in [3.8, 4) is 0 Å². The molecule has 6 aliphatic carbocycles. The zero-order chi connectivity index (χ0) is 36.2. The minimum atomic E-state index is -1.02. The number of allylic oxidation sites excluding steroid dienone is 7. The van der Waals surface area contributed by atoms with Gasteiger partial charge in [0.2, 0.25) is 0 Å². The van der Waals surface area contributed by atoms with Gasteiger partial charge in [0, 0.05) is 24.3 Å². The van der Waals surface area contributed by atoms with E-state index in [1.807, 2.05) is 20.8 Å². The van der Waals surface area contributed by atoms with Crippen molar-refractivity contribution in [1.29, 1.82) is 0 Å². The molecule has 5 saturated carbocycles. The monoisotopic (exact) mass is 705 g/mol. The summed E-state index contributed by atoms with van der Waals surface area (Å²) in [4.78, 5) is 2.41. The van der Waals surface area contributed by atoms with Gasteiger partial charge < -0.3 is 34.1 Å². The third-order valence-corrected chi connectivity index (χ3v) is 16.8. The Morgan fingerprint density at radius 3 is 2.47 bits per heavy atom. The lowest BCUT2D eigenvalue weighted by molar-refractivity contribution is -0.246. The van der Waals surface area contributed by atoms with E-state index in [1.165, 1.54) is 37.8 Å². The summed E-state index contributed by atoms with van der Waals surface area (Å²) in [6.45, 7) is 20.8. The summed E-state index contributed by atoms with van der Waals surface area (Å²) in [6.07, 6.45) is 22.6. The zero-order valence-electron chi connectivity index (χ0n) is 32.8. The molecule has 8 rings (SSSR count). The summed E-state index contributed by atoms with van der Waals surface area (Å²) >= 11 is 0. The van der Waals surface area contributed by atoms with E-state index in [9.17, 15) is 10.2 Å². The molecule has 0 radical (unpaired) electrons. The largest absolute Gasteiger partial charge is 0.390 e. The van der Waals surface area contributed by atoms with E-state index in [2.05, 4.69) is 82.1 Å². The van der Waals surface area contributed by atoms with Gasteiger partial charge >= 0.3 is 0 Å². The predicted molar refractivity (Wildman–Crippen MR) is 199 cm³/mol. The van der Waals surface area contributed by atoms with Crippen LogP contribution >= 0.6 is 0 Å². The molecule has 14 unspecified atom stereocenters. The molecular formula is C44H67NO6. The first-order chi connectivity index (χ1) is 24.1. The number of ether oxygens (including phenoxy) is 4. The minimum Gasteiger partial charge on any atom is -0.390 e. The molecule has 8 aliphatic rings. The summed E-state index contributed by atoms with van der Waals surface area (Å²) in [6, 6.07) is 0. The Morgan fingerprint density at radius 1 is 0.980 bits per heavy atom. The van der Waals surface area contributed by atoms with Crippen LogP contribution in [0.1, 0.15) is 107 Å². The Balaban J connectivity index is 1.01. The molecule has 284 valence electrons. The van der Waals surface area contributed by atoms with Crippen LogP contribution < -0.4 is 0 Å². The van der Waals surface area contributed by atoms with Crippen molar-refractivity contribution >= 4 is 0 Å². The van der Waals surface area contributed by atoms with Gasteiger partial charge in [-0.05, 0) is 130 Å². The molecule has 2 N–H and O–H groups in total. The Bertz CT molecular complexity index is 1460. The number of morpholine rings is 1. The molecule has 2 saturated heterocycles. The van der Waals surface area contributed by atoms with Gasteiger partial charge in [0.1, 0.15) is 6.10 Å². The van der Waals surface area contributed by atoms with Crippen molar-refractivity contribution in [1.82, 2.24) is 4.90 Å². The van der Waals surface area contributed by atoms with E-state index in [-0.39, 0.29) is 40.8 Å². The SMILES string of the molecule is CCOC(C1CC(C)C2C(O1)C(O)C1(C)C3CCC4C(C)(C)C(OC5CN(C6=CC=CC=CC=C6)CCO5)CCC45CC35CCC21C)C(C)(C)O. The lowest BCUT2D eigenvalue weighted by atomic mass is 9.41. The third kappa shape index (κ3) is 5.24. The van der Waals surface area contributed by atoms with Crippen LogP contribution in [0, 0.1) is 50.7 Å². The van der Waals surface area contributed by atoms with E-state index >= 15 is 0 Å². The molecule has 0 aromatic heterocycles. The molecule has 2 aliphatic heterocycles. The molecule has 14 atom stereocenters. The highest BCUT2D eigenvalue weighted by atomic mass is 16.7. The van der Waals surface area contributed by atoms with Crippen molar-refractivity contribution in [2.75, 3.05) is 26.3 Å². The fourth-order valence-corrected chi connectivity index (χ4v) is 14.6. The zero-order valence-corrected chi connectivity index (χ0v) is 32.8. The maximum absolute atomic E-state index is 12.7. The Hall–Kier alpha value is -1.48. The van der Waals surface area contributed by atoms with Crippen molar-refractivity contribution in [2.45, 2.75) is 149 Å². The fourth-order valence-electron chi connectivity index (χ4n) is 14.6. The van der Waals surface area contributed by atoms with Gasteiger partial charge in [0.05, 0.1) is 43.2 Å². The van der Waals surface area contributed by atoms with Gasteiger partial charge in [0.15, 0.2) is 6.29 Å². The van der Waals surface area contributed by atoms with Gasteiger partial charge in [-0.25, -0.2) is 0 Å². The first kappa shape index (κ1) is 36.5. The molecule has 0 amide bonds. The van der Waals surface area contributed by atoms with Crippen LogP contribution in [-0.4, -0.2) is 83.8 Å². The summed E-state index contributed by atoms with van der Waals surface area (Å²) in [5, 5.41) is 23.8. The van der Waals surface area contributed by atoms with Crippen LogP contribution in [-0.2, 0) is 18.9 Å². The fraction of sp³-hybridized carbons (Fsp3) is 0.818.